The lowest BCUT2D eigenvalue weighted by molar-refractivity contribution is -0.144. The molecule has 0 spiro atoms. The van der Waals surface area contributed by atoms with Gasteiger partial charge in [-0.15, -0.1) is 0 Å². The van der Waals surface area contributed by atoms with E-state index in [9.17, 15) is 18.4 Å². The number of aliphatic hydroxyl groups is 1. The van der Waals surface area contributed by atoms with E-state index in [2.05, 4.69) is 5.32 Å². The Hall–Kier alpha value is -1.24. The van der Waals surface area contributed by atoms with Crippen LogP contribution >= 0.6 is 0 Å². The van der Waals surface area contributed by atoms with Gasteiger partial charge in [-0.1, -0.05) is 0 Å². The largest absolute Gasteiger partial charge is 0.400 e. The van der Waals surface area contributed by atoms with E-state index in [0.717, 1.165) is 7.11 Å². The first kappa shape index (κ1) is 14.8. The topological polar surface area (TPSA) is 69.6 Å². The molecule has 0 aromatic rings. The summed E-state index contributed by atoms with van der Waals surface area (Å²) >= 11 is 0. The number of carbonyl (C=O) groups excluding carboxylic acids is 2. The molecule has 0 aromatic carbocycles. The molecule has 2 aliphatic heterocycles. The summed E-state index contributed by atoms with van der Waals surface area (Å²) in [5.74, 6) is -3.33. The number of hydrogen-bond acceptors (Lipinski definition) is 3. The maximum atomic E-state index is 13.1. The number of hydrogen-bond donors (Lipinski definition) is 2. The highest BCUT2D eigenvalue weighted by molar-refractivity contribution is 5.90. The van der Waals surface area contributed by atoms with Crippen molar-refractivity contribution in [3.8, 4) is 0 Å². The molecular weight excluding hydrogens is 246 g/mol. The van der Waals surface area contributed by atoms with E-state index in [1.807, 2.05) is 0 Å². The standard InChI is InChI=1S/C10H14F2N2O2.CH4O/c11-10(12)4-1-5-14(6-10)9(16)7-2-3-8(15)13-7;1-2/h7H,1-6H2,(H,13,15);2H,1H3. The highest BCUT2D eigenvalue weighted by atomic mass is 19.3. The number of halogens is 2. The van der Waals surface area contributed by atoms with Crippen molar-refractivity contribution in [3.05, 3.63) is 0 Å². The molecular formula is C11H18F2N2O3. The minimum atomic E-state index is -2.78. The molecule has 2 amide bonds. The van der Waals surface area contributed by atoms with Gasteiger partial charge < -0.3 is 15.3 Å². The van der Waals surface area contributed by atoms with Crippen molar-refractivity contribution in [1.82, 2.24) is 10.2 Å². The maximum Gasteiger partial charge on any atom is 0.265 e. The Morgan fingerprint density at radius 1 is 1.50 bits per heavy atom. The van der Waals surface area contributed by atoms with E-state index >= 15 is 0 Å². The van der Waals surface area contributed by atoms with Gasteiger partial charge in [-0.2, -0.15) is 0 Å². The Balaban J connectivity index is 0.000000771. The Kier molecular flexibility index (Phi) is 5.01. The van der Waals surface area contributed by atoms with Crippen LogP contribution in [0.4, 0.5) is 8.78 Å². The molecule has 0 saturated carbocycles. The Labute approximate surface area is 104 Å². The predicted octanol–water partition coefficient (Wildman–Crippen LogP) is 0.131. The smallest absolute Gasteiger partial charge is 0.265 e. The first-order valence-corrected chi connectivity index (χ1v) is 5.89. The van der Waals surface area contributed by atoms with E-state index in [4.69, 9.17) is 5.11 Å². The SMILES string of the molecule is CO.O=C1CCC(C(=O)N2CCCC(F)(F)C2)N1. The summed E-state index contributed by atoms with van der Waals surface area (Å²) < 4.78 is 26.2. The van der Waals surface area contributed by atoms with Crippen LogP contribution in [-0.4, -0.2) is 54.0 Å². The van der Waals surface area contributed by atoms with Gasteiger partial charge in [0.05, 0.1) is 6.54 Å². The van der Waals surface area contributed by atoms with Crippen LogP contribution in [0.25, 0.3) is 0 Å². The van der Waals surface area contributed by atoms with Gasteiger partial charge in [-0.3, -0.25) is 9.59 Å². The minimum absolute atomic E-state index is 0.159. The van der Waals surface area contributed by atoms with Crippen LogP contribution in [0.1, 0.15) is 25.7 Å². The highest BCUT2D eigenvalue weighted by Crippen LogP contribution is 2.27. The second kappa shape index (κ2) is 6.08. The molecule has 7 heteroatoms. The molecule has 2 rings (SSSR count). The van der Waals surface area contributed by atoms with Crippen LogP contribution in [-0.2, 0) is 9.59 Å². The van der Waals surface area contributed by atoms with Gasteiger partial charge in [0.1, 0.15) is 6.04 Å². The van der Waals surface area contributed by atoms with Crippen molar-refractivity contribution in [3.63, 3.8) is 0 Å². The summed E-state index contributed by atoms with van der Waals surface area (Å²) in [6, 6.07) is -0.596. The van der Waals surface area contributed by atoms with Crippen molar-refractivity contribution in [2.75, 3.05) is 20.2 Å². The van der Waals surface area contributed by atoms with Crippen LogP contribution in [0, 0.1) is 0 Å². The molecule has 0 bridgehead atoms. The number of amides is 2. The molecule has 0 radical (unpaired) electrons. The summed E-state index contributed by atoms with van der Waals surface area (Å²) in [5.41, 5.74) is 0. The van der Waals surface area contributed by atoms with E-state index in [0.29, 0.717) is 25.8 Å². The fourth-order valence-corrected chi connectivity index (χ4v) is 2.17. The Bertz CT molecular complexity index is 323. The number of piperidine rings is 1. The summed E-state index contributed by atoms with van der Waals surface area (Å²) in [6.45, 7) is -0.154. The van der Waals surface area contributed by atoms with Crippen molar-refractivity contribution in [2.45, 2.75) is 37.6 Å². The van der Waals surface area contributed by atoms with Crippen molar-refractivity contribution in [1.29, 1.82) is 0 Å². The normalized spacial score (nSPS) is 26.1. The molecule has 0 aliphatic carbocycles. The third kappa shape index (κ3) is 3.63. The number of nitrogens with zero attached hydrogens (tertiary/aromatic N) is 1. The molecule has 2 saturated heterocycles. The first-order valence-electron chi connectivity index (χ1n) is 5.89. The lowest BCUT2D eigenvalue weighted by Gasteiger charge is -2.33. The van der Waals surface area contributed by atoms with Gasteiger partial charge in [-0.25, -0.2) is 8.78 Å². The van der Waals surface area contributed by atoms with E-state index < -0.39 is 18.5 Å². The molecule has 18 heavy (non-hydrogen) atoms. The van der Waals surface area contributed by atoms with Crippen LogP contribution in [0.2, 0.25) is 0 Å². The molecule has 2 N–H and O–H groups in total. The Morgan fingerprint density at radius 3 is 2.67 bits per heavy atom. The van der Waals surface area contributed by atoms with Gasteiger partial charge in [0.2, 0.25) is 11.8 Å². The molecule has 0 aromatic heterocycles. The number of nitrogens with one attached hydrogen (secondary N) is 1. The van der Waals surface area contributed by atoms with Gasteiger partial charge in [0.25, 0.3) is 5.92 Å². The van der Waals surface area contributed by atoms with Crippen LogP contribution in [0.15, 0.2) is 0 Å². The van der Waals surface area contributed by atoms with Crippen molar-refractivity contribution < 1.29 is 23.5 Å². The van der Waals surface area contributed by atoms with Gasteiger partial charge in [-0.05, 0) is 12.8 Å². The van der Waals surface area contributed by atoms with E-state index in [1.54, 1.807) is 0 Å². The third-order valence-corrected chi connectivity index (χ3v) is 3.00. The fraction of sp³-hybridized carbons (Fsp3) is 0.818. The average Bonchev–Trinajstić information content (AvgIpc) is 2.76. The highest BCUT2D eigenvalue weighted by Gasteiger charge is 2.40. The summed E-state index contributed by atoms with van der Waals surface area (Å²) in [4.78, 5) is 23.9. The zero-order chi connectivity index (χ0) is 13.8. The van der Waals surface area contributed by atoms with Crippen molar-refractivity contribution in [2.24, 2.45) is 0 Å². The lowest BCUT2D eigenvalue weighted by atomic mass is 10.1. The number of rotatable bonds is 1. The third-order valence-electron chi connectivity index (χ3n) is 3.00. The van der Waals surface area contributed by atoms with Gasteiger partial charge >= 0.3 is 0 Å². The van der Waals surface area contributed by atoms with Crippen LogP contribution < -0.4 is 5.32 Å². The van der Waals surface area contributed by atoms with Gasteiger partial charge in [0.15, 0.2) is 0 Å². The second-order valence-corrected chi connectivity index (χ2v) is 4.38. The molecule has 2 heterocycles. The van der Waals surface area contributed by atoms with Gasteiger partial charge in [0, 0.05) is 26.5 Å². The molecule has 1 unspecified atom stereocenters. The zero-order valence-electron chi connectivity index (χ0n) is 10.3. The lowest BCUT2D eigenvalue weighted by Crippen LogP contribution is -2.51. The molecule has 2 fully saturated rings. The van der Waals surface area contributed by atoms with E-state index in [1.165, 1.54) is 4.90 Å². The van der Waals surface area contributed by atoms with Crippen LogP contribution in [0.5, 0.6) is 0 Å². The Morgan fingerprint density at radius 2 is 2.17 bits per heavy atom. The number of carbonyl (C=O) groups is 2. The first-order chi connectivity index (χ1) is 8.48. The summed E-state index contributed by atoms with van der Waals surface area (Å²) in [7, 11) is 1.00. The zero-order valence-corrected chi connectivity index (χ0v) is 10.3. The number of likely N-dealkylation sites (tertiary alicyclic amines) is 1. The average molecular weight is 264 g/mol. The molecule has 104 valence electrons. The van der Waals surface area contributed by atoms with E-state index in [-0.39, 0.29) is 18.2 Å². The van der Waals surface area contributed by atoms with Crippen molar-refractivity contribution >= 4 is 11.8 Å². The quantitative estimate of drug-likeness (QED) is 0.707. The molecule has 1 atom stereocenters. The summed E-state index contributed by atoms with van der Waals surface area (Å²) in [5, 5.41) is 9.50. The number of aliphatic hydroxyl groups excluding tert-OH is 1. The second-order valence-electron chi connectivity index (χ2n) is 4.38. The predicted molar refractivity (Wildman–Crippen MR) is 60.1 cm³/mol. The van der Waals surface area contributed by atoms with Crippen LogP contribution in [0.3, 0.4) is 0 Å². The molecule has 2 aliphatic rings. The summed E-state index contributed by atoms with van der Waals surface area (Å²) in [6.07, 6.45) is 0.883. The minimum Gasteiger partial charge on any atom is -0.400 e. The molecule has 5 nitrogen and oxygen atoms in total. The monoisotopic (exact) mass is 264 g/mol. The fourth-order valence-electron chi connectivity index (χ4n) is 2.17. The maximum absolute atomic E-state index is 13.1. The number of alkyl halides is 2.